The zero-order chi connectivity index (χ0) is 26.0. The fourth-order valence-electron chi connectivity index (χ4n) is 4.42. The van der Waals surface area contributed by atoms with Gasteiger partial charge in [0.1, 0.15) is 5.82 Å². The van der Waals surface area contributed by atoms with E-state index in [1.165, 1.54) is 5.69 Å². The first kappa shape index (κ1) is 25.4. The van der Waals surface area contributed by atoms with Gasteiger partial charge >= 0.3 is 0 Å². The van der Waals surface area contributed by atoms with E-state index in [9.17, 15) is 8.42 Å². The van der Waals surface area contributed by atoms with Crippen molar-refractivity contribution in [1.29, 1.82) is 0 Å². The fraction of sp³-hybridized carbons (Fsp3) is 0.385. The van der Waals surface area contributed by atoms with Crippen LogP contribution in [0.4, 0.5) is 28.8 Å². The first-order valence-electron chi connectivity index (χ1n) is 12.4. The van der Waals surface area contributed by atoms with Gasteiger partial charge in [0.15, 0.2) is 0 Å². The molecule has 3 N–H and O–H groups in total. The van der Waals surface area contributed by atoms with E-state index in [-0.39, 0.29) is 10.9 Å². The van der Waals surface area contributed by atoms with Crippen LogP contribution >= 0.6 is 0 Å². The van der Waals surface area contributed by atoms with E-state index < -0.39 is 10.0 Å². The van der Waals surface area contributed by atoms with Gasteiger partial charge in [0.05, 0.1) is 23.8 Å². The Hall–Kier alpha value is -3.25. The minimum Gasteiger partial charge on any atom is -0.370 e. The van der Waals surface area contributed by atoms with Crippen LogP contribution in [-0.2, 0) is 28.0 Å². The minimum atomic E-state index is -3.61. The number of anilines is 5. The third-order valence-electron chi connectivity index (χ3n) is 6.37. The molecule has 5 rings (SSSR count). The van der Waals surface area contributed by atoms with Crippen molar-refractivity contribution in [2.45, 2.75) is 38.0 Å². The molecule has 0 spiro atoms. The average Bonchev–Trinajstić information content (AvgIpc) is 3.34. The molecule has 0 bridgehead atoms. The smallest absolute Gasteiger partial charge is 0.240 e. The Bertz CT molecular complexity index is 1360. The predicted molar refractivity (Wildman–Crippen MR) is 145 cm³/mol. The van der Waals surface area contributed by atoms with E-state index >= 15 is 0 Å². The lowest BCUT2D eigenvalue weighted by Crippen LogP contribution is -2.44. The van der Waals surface area contributed by atoms with E-state index in [4.69, 9.17) is 9.72 Å². The molecule has 0 atom stereocenters. The van der Waals surface area contributed by atoms with Gasteiger partial charge in [0.2, 0.25) is 16.0 Å². The maximum atomic E-state index is 12.6. The summed E-state index contributed by atoms with van der Waals surface area (Å²) >= 11 is 0. The van der Waals surface area contributed by atoms with Crippen LogP contribution in [-0.4, -0.2) is 62.6 Å². The number of benzene rings is 2. The largest absolute Gasteiger partial charge is 0.370 e. The van der Waals surface area contributed by atoms with Crippen molar-refractivity contribution < 1.29 is 13.2 Å². The molecule has 2 aromatic carbocycles. The average molecular weight is 524 g/mol. The standard InChI is InChI=1S/C26H33N7O3S/c1-18(2)31-37(34,35)22-6-4-5-20(15-22)27-25-23-16-36-17-24(23)29-26(30-25)28-19-7-9-21(10-8-19)33-13-11-32(3)12-14-33/h4-10,15,18,31H,11-14,16-17H2,1-3H3,(H2,27,28,29,30). The number of sulfonamides is 1. The molecule has 1 fully saturated rings. The van der Waals surface area contributed by atoms with Gasteiger partial charge in [-0.15, -0.1) is 0 Å². The quantitative estimate of drug-likeness (QED) is 0.409. The number of likely N-dealkylation sites (N-methyl/N-ethyl adjacent to an activating group) is 1. The van der Waals surface area contributed by atoms with Crippen LogP contribution in [0.25, 0.3) is 0 Å². The van der Waals surface area contributed by atoms with Crippen LogP contribution in [0.5, 0.6) is 0 Å². The molecule has 0 unspecified atom stereocenters. The van der Waals surface area contributed by atoms with Gasteiger partial charge in [-0.3, -0.25) is 0 Å². The summed E-state index contributed by atoms with van der Waals surface area (Å²) in [6.07, 6.45) is 0. The Kier molecular flexibility index (Phi) is 7.29. The molecule has 196 valence electrons. The minimum absolute atomic E-state index is 0.187. The summed E-state index contributed by atoms with van der Waals surface area (Å²) in [6, 6.07) is 14.8. The van der Waals surface area contributed by atoms with Gasteiger partial charge in [-0.25, -0.2) is 18.1 Å². The second kappa shape index (κ2) is 10.6. The number of nitrogens with one attached hydrogen (secondary N) is 3. The molecule has 2 aliphatic heterocycles. The van der Waals surface area contributed by atoms with Crippen molar-refractivity contribution in [2.75, 3.05) is 48.8 Å². The van der Waals surface area contributed by atoms with Crippen molar-refractivity contribution in [2.24, 2.45) is 0 Å². The monoisotopic (exact) mass is 523 g/mol. The highest BCUT2D eigenvalue weighted by atomic mass is 32.2. The lowest BCUT2D eigenvalue weighted by atomic mass is 10.2. The number of piperazine rings is 1. The molecule has 11 heteroatoms. The van der Waals surface area contributed by atoms with E-state index in [1.54, 1.807) is 32.0 Å². The number of rotatable bonds is 8. The second-order valence-electron chi connectivity index (χ2n) is 9.70. The van der Waals surface area contributed by atoms with Crippen LogP contribution in [0, 0.1) is 0 Å². The Balaban J connectivity index is 1.35. The van der Waals surface area contributed by atoms with Crippen molar-refractivity contribution >= 4 is 38.9 Å². The Morgan fingerprint density at radius 2 is 1.68 bits per heavy atom. The summed E-state index contributed by atoms with van der Waals surface area (Å²) in [6.45, 7) is 8.52. The Morgan fingerprint density at radius 3 is 2.41 bits per heavy atom. The van der Waals surface area contributed by atoms with Crippen LogP contribution in [0.2, 0.25) is 0 Å². The topological polar surface area (TPSA) is 112 Å². The van der Waals surface area contributed by atoms with Crippen LogP contribution in [0.1, 0.15) is 25.1 Å². The van der Waals surface area contributed by atoms with E-state index in [2.05, 4.69) is 49.3 Å². The van der Waals surface area contributed by atoms with Crippen LogP contribution < -0.4 is 20.3 Å². The number of fused-ring (bicyclic) bond motifs is 1. The highest BCUT2D eigenvalue weighted by molar-refractivity contribution is 7.89. The zero-order valence-electron chi connectivity index (χ0n) is 21.4. The predicted octanol–water partition coefficient (Wildman–Crippen LogP) is 3.43. The zero-order valence-corrected chi connectivity index (χ0v) is 22.2. The van der Waals surface area contributed by atoms with E-state index in [1.807, 2.05) is 18.2 Å². The first-order valence-corrected chi connectivity index (χ1v) is 13.9. The number of hydrogen-bond acceptors (Lipinski definition) is 9. The second-order valence-corrected chi connectivity index (χ2v) is 11.4. The third-order valence-corrected chi connectivity index (χ3v) is 8.02. The summed E-state index contributed by atoms with van der Waals surface area (Å²) in [5, 5.41) is 6.58. The summed E-state index contributed by atoms with van der Waals surface area (Å²) in [5.41, 5.74) is 4.37. The van der Waals surface area contributed by atoms with E-state index in [0.717, 1.165) is 43.1 Å². The van der Waals surface area contributed by atoms with Gasteiger partial charge in [0, 0.05) is 54.8 Å². The van der Waals surface area contributed by atoms with Gasteiger partial charge in [-0.2, -0.15) is 4.98 Å². The Morgan fingerprint density at radius 1 is 0.919 bits per heavy atom. The van der Waals surface area contributed by atoms with Gasteiger partial charge in [-0.05, 0) is 63.4 Å². The molecule has 37 heavy (non-hydrogen) atoms. The summed E-state index contributed by atoms with van der Waals surface area (Å²) < 4.78 is 33.5. The molecule has 0 radical (unpaired) electrons. The number of aromatic nitrogens is 2. The molecule has 3 aromatic rings. The molecule has 10 nitrogen and oxygen atoms in total. The molecule has 0 saturated carbocycles. The molecule has 1 saturated heterocycles. The molecular weight excluding hydrogens is 490 g/mol. The normalized spacial score (nSPS) is 16.2. The first-order chi connectivity index (χ1) is 17.8. The van der Waals surface area contributed by atoms with Gasteiger partial charge in [-0.1, -0.05) is 6.07 Å². The fourth-order valence-corrected chi connectivity index (χ4v) is 5.71. The van der Waals surface area contributed by atoms with Gasteiger partial charge < -0.3 is 25.2 Å². The van der Waals surface area contributed by atoms with Gasteiger partial charge in [0.25, 0.3) is 0 Å². The van der Waals surface area contributed by atoms with Crippen LogP contribution in [0.3, 0.4) is 0 Å². The van der Waals surface area contributed by atoms with E-state index in [0.29, 0.717) is 30.7 Å². The molecule has 0 aliphatic carbocycles. The van der Waals surface area contributed by atoms with Crippen molar-refractivity contribution in [3.8, 4) is 0 Å². The van der Waals surface area contributed by atoms with Crippen molar-refractivity contribution in [3.63, 3.8) is 0 Å². The number of hydrogen-bond donors (Lipinski definition) is 3. The number of ether oxygens (including phenoxy) is 1. The van der Waals surface area contributed by atoms with Crippen molar-refractivity contribution in [3.05, 3.63) is 59.8 Å². The highest BCUT2D eigenvalue weighted by Gasteiger charge is 2.22. The lowest BCUT2D eigenvalue weighted by molar-refractivity contribution is 0.133. The van der Waals surface area contributed by atoms with Crippen molar-refractivity contribution in [1.82, 2.24) is 19.6 Å². The maximum absolute atomic E-state index is 12.6. The summed E-state index contributed by atoms with van der Waals surface area (Å²) in [5.74, 6) is 1.04. The lowest BCUT2D eigenvalue weighted by Gasteiger charge is -2.34. The molecular formula is C26H33N7O3S. The molecule has 1 aromatic heterocycles. The molecule has 3 heterocycles. The van der Waals surface area contributed by atoms with Crippen LogP contribution in [0.15, 0.2) is 53.4 Å². The Labute approximate surface area is 218 Å². The summed E-state index contributed by atoms with van der Waals surface area (Å²) in [4.78, 5) is 14.3. The molecule has 2 aliphatic rings. The third kappa shape index (κ3) is 6.02. The maximum Gasteiger partial charge on any atom is 0.240 e. The summed E-state index contributed by atoms with van der Waals surface area (Å²) in [7, 11) is -1.46. The SMILES string of the molecule is CC(C)NS(=O)(=O)c1cccc(Nc2nc(Nc3ccc(N4CCN(C)CC4)cc3)nc3c2COC3)c1. The molecule has 0 amide bonds. The number of nitrogens with zero attached hydrogens (tertiary/aromatic N) is 4. The highest BCUT2D eigenvalue weighted by Crippen LogP contribution is 2.30.